The Bertz CT molecular complexity index is 436. The zero-order valence-corrected chi connectivity index (χ0v) is 9.43. The van der Waals surface area contributed by atoms with Crippen LogP contribution in [-0.4, -0.2) is 22.7 Å². The number of hydrogen-bond donors (Lipinski definition) is 1. The Morgan fingerprint density at radius 1 is 1.44 bits per heavy atom. The fourth-order valence-electron chi connectivity index (χ4n) is 1.20. The molecular weight excluding hydrogens is 258 g/mol. The van der Waals surface area contributed by atoms with E-state index in [9.17, 15) is 14.0 Å². The second kappa shape index (κ2) is 4.80. The van der Waals surface area contributed by atoms with Crippen molar-refractivity contribution in [2.24, 2.45) is 0 Å². The molecule has 0 fully saturated rings. The molecule has 86 valence electrons. The predicted molar refractivity (Wildman–Crippen MR) is 57.3 cm³/mol. The second-order valence-electron chi connectivity index (χ2n) is 3.03. The fourth-order valence-corrected chi connectivity index (χ4v) is 1.65. The molecule has 1 atom stereocenters. The lowest BCUT2D eigenvalue weighted by atomic mass is 9.94. The van der Waals surface area contributed by atoms with E-state index < -0.39 is 28.3 Å². The van der Waals surface area contributed by atoms with E-state index in [2.05, 4.69) is 0 Å². The number of carbonyl (C=O) groups is 2. The molecule has 1 unspecified atom stereocenters. The summed E-state index contributed by atoms with van der Waals surface area (Å²) in [6.07, 6.45) is 0. The van der Waals surface area contributed by atoms with Gasteiger partial charge in [-0.1, -0.05) is 23.7 Å². The summed E-state index contributed by atoms with van der Waals surface area (Å²) in [6.45, 7) is 0. The largest absolute Gasteiger partial charge is 0.479 e. The molecule has 0 bridgehead atoms. The minimum atomic E-state index is -2.33. The highest BCUT2D eigenvalue weighted by Gasteiger charge is 2.45. The molecule has 0 radical (unpaired) electrons. The van der Waals surface area contributed by atoms with Gasteiger partial charge in [0.2, 0.25) is 4.87 Å². The molecule has 0 aliphatic heterocycles. The van der Waals surface area contributed by atoms with Crippen molar-refractivity contribution in [2.75, 3.05) is 5.88 Å². The van der Waals surface area contributed by atoms with Gasteiger partial charge in [-0.2, -0.15) is 0 Å². The number of hydrogen-bond acceptors (Lipinski definition) is 2. The molecule has 0 aliphatic carbocycles. The molecule has 0 aromatic heterocycles. The quantitative estimate of drug-likeness (QED) is 0.670. The molecule has 0 spiro atoms. The number of carboxylic acids is 1. The molecule has 3 nitrogen and oxygen atoms in total. The van der Waals surface area contributed by atoms with Crippen LogP contribution in [0.1, 0.15) is 5.56 Å². The number of halogens is 3. The van der Waals surface area contributed by atoms with E-state index >= 15 is 0 Å². The van der Waals surface area contributed by atoms with Gasteiger partial charge in [-0.15, -0.1) is 11.6 Å². The van der Waals surface area contributed by atoms with Gasteiger partial charge in [0.15, 0.2) is 5.78 Å². The van der Waals surface area contributed by atoms with Crippen molar-refractivity contribution in [3.8, 4) is 0 Å². The van der Waals surface area contributed by atoms with E-state index in [0.717, 1.165) is 12.1 Å². The van der Waals surface area contributed by atoms with Crippen molar-refractivity contribution >= 4 is 35.0 Å². The highest BCUT2D eigenvalue weighted by atomic mass is 35.5. The van der Waals surface area contributed by atoms with Crippen molar-refractivity contribution < 1.29 is 19.1 Å². The number of benzene rings is 1. The van der Waals surface area contributed by atoms with Crippen LogP contribution in [0.3, 0.4) is 0 Å². The third-order valence-corrected chi connectivity index (χ3v) is 2.86. The molecule has 0 saturated heterocycles. The lowest BCUT2D eigenvalue weighted by Crippen LogP contribution is -2.39. The summed E-state index contributed by atoms with van der Waals surface area (Å²) in [6, 6.07) is 4.54. The highest BCUT2D eigenvalue weighted by molar-refractivity contribution is 6.48. The van der Waals surface area contributed by atoms with E-state index in [1.54, 1.807) is 0 Å². The maximum atomic E-state index is 12.9. The smallest absolute Gasteiger partial charge is 0.337 e. The Morgan fingerprint density at radius 3 is 2.50 bits per heavy atom. The van der Waals surface area contributed by atoms with Crippen molar-refractivity contribution in [2.45, 2.75) is 4.87 Å². The molecule has 0 saturated carbocycles. The summed E-state index contributed by atoms with van der Waals surface area (Å²) < 4.78 is 12.9. The fraction of sp³-hybridized carbons (Fsp3) is 0.200. The van der Waals surface area contributed by atoms with Crippen LogP contribution in [0, 0.1) is 5.82 Å². The van der Waals surface area contributed by atoms with E-state index in [4.69, 9.17) is 28.3 Å². The monoisotopic (exact) mass is 264 g/mol. The summed E-state index contributed by atoms with van der Waals surface area (Å²) in [7, 11) is 0. The van der Waals surface area contributed by atoms with Crippen molar-refractivity contribution in [1.29, 1.82) is 0 Å². The van der Waals surface area contributed by atoms with Gasteiger partial charge < -0.3 is 5.11 Å². The van der Waals surface area contributed by atoms with Gasteiger partial charge in [0.25, 0.3) is 0 Å². The lowest BCUT2D eigenvalue weighted by Gasteiger charge is -2.20. The van der Waals surface area contributed by atoms with E-state index in [1.807, 2.05) is 0 Å². The summed E-state index contributed by atoms with van der Waals surface area (Å²) in [5, 5.41) is 8.94. The number of carbonyl (C=O) groups excluding carboxylic acids is 1. The summed E-state index contributed by atoms with van der Waals surface area (Å²) in [5.41, 5.74) is -0.146. The van der Waals surface area contributed by atoms with Crippen molar-refractivity contribution in [1.82, 2.24) is 0 Å². The number of carboxylic acid groups (broad SMARTS) is 1. The average molecular weight is 265 g/mol. The summed E-state index contributed by atoms with van der Waals surface area (Å²) >= 11 is 11.0. The molecule has 6 heteroatoms. The molecule has 0 aliphatic rings. The van der Waals surface area contributed by atoms with Gasteiger partial charge >= 0.3 is 5.97 Å². The van der Waals surface area contributed by atoms with Crippen LogP contribution in [0.25, 0.3) is 0 Å². The van der Waals surface area contributed by atoms with Crippen LogP contribution < -0.4 is 0 Å². The summed E-state index contributed by atoms with van der Waals surface area (Å²) in [4.78, 5) is 20.1. The first-order valence-corrected chi connectivity index (χ1v) is 5.11. The second-order valence-corrected chi connectivity index (χ2v) is 3.86. The Hall–Kier alpha value is -1.13. The van der Waals surface area contributed by atoms with Gasteiger partial charge in [0, 0.05) is 0 Å². The van der Waals surface area contributed by atoms with E-state index in [0.29, 0.717) is 0 Å². The van der Waals surface area contributed by atoms with Gasteiger partial charge in [0.05, 0.1) is 5.88 Å². The number of alkyl halides is 2. The first-order chi connectivity index (χ1) is 7.42. The Morgan fingerprint density at radius 2 is 2.06 bits per heavy atom. The van der Waals surface area contributed by atoms with Crippen LogP contribution in [0.2, 0.25) is 0 Å². The van der Waals surface area contributed by atoms with Crippen LogP contribution in [0.15, 0.2) is 24.3 Å². The van der Waals surface area contributed by atoms with Crippen molar-refractivity contribution in [3.63, 3.8) is 0 Å². The SMILES string of the molecule is O=C(O)C(Cl)(C(=O)CCl)c1cccc(F)c1. The number of Topliss-reactive ketones (excluding diaryl/α,β-unsaturated/α-hetero) is 1. The predicted octanol–water partition coefficient (Wildman–Crippen LogP) is 2.15. The molecule has 0 amide bonds. The molecule has 1 N–H and O–H groups in total. The Balaban J connectivity index is 3.33. The van der Waals surface area contributed by atoms with Crippen LogP contribution >= 0.6 is 23.2 Å². The third-order valence-electron chi connectivity index (χ3n) is 2.02. The zero-order chi connectivity index (χ0) is 12.3. The summed E-state index contributed by atoms with van der Waals surface area (Å²) in [5.74, 6) is -3.72. The molecule has 0 heterocycles. The number of ketones is 1. The van der Waals surface area contributed by atoms with E-state index in [-0.39, 0.29) is 5.56 Å². The Kier molecular flexibility index (Phi) is 3.88. The van der Waals surface area contributed by atoms with Gasteiger partial charge in [-0.25, -0.2) is 9.18 Å². The first kappa shape index (κ1) is 12.9. The Labute approximate surface area is 101 Å². The molecule has 1 rings (SSSR count). The van der Waals surface area contributed by atoms with Crippen LogP contribution in [0.5, 0.6) is 0 Å². The van der Waals surface area contributed by atoms with Gasteiger partial charge in [-0.3, -0.25) is 4.79 Å². The number of aliphatic carboxylic acids is 1. The first-order valence-electron chi connectivity index (χ1n) is 4.20. The normalized spacial score (nSPS) is 14.2. The van der Waals surface area contributed by atoms with Gasteiger partial charge in [0.1, 0.15) is 5.82 Å². The minimum absolute atomic E-state index is 0.146. The molecule has 1 aromatic rings. The molecule has 16 heavy (non-hydrogen) atoms. The third kappa shape index (κ3) is 2.18. The lowest BCUT2D eigenvalue weighted by molar-refractivity contribution is -0.144. The standard InChI is InChI=1S/C10H7Cl2FO3/c11-5-8(14)10(12,9(15)16)6-2-1-3-7(13)4-6/h1-4H,5H2,(H,15,16). The van der Waals surface area contributed by atoms with Crippen LogP contribution in [-0.2, 0) is 14.5 Å². The van der Waals surface area contributed by atoms with E-state index in [1.165, 1.54) is 12.1 Å². The number of rotatable bonds is 4. The average Bonchev–Trinajstić information content (AvgIpc) is 2.26. The minimum Gasteiger partial charge on any atom is -0.479 e. The highest BCUT2D eigenvalue weighted by Crippen LogP contribution is 2.31. The maximum absolute atomic E-state index is 12.9. The zero-order valence-electron chi connectivity index (χ0n) is 7.91. The van der Waals surface area contributed by atoms with Crippen LogP contribution in [0.4, 0.5) is 4.39 Å². The molecule has 1 aromatic carbocycles. The molecular formula is C10H7Cl2FO3. The van der Waals surface area contributed by atoms with Crippen molar-refractivity contribution in [3.05, 3.63) is 35.6 Å². The maximum Gasteiger partial charge on any atom is 0.337 e. The topological polar surface area (TPSA) is 54.4 Å². The van der Waals surface area contributed by atoms with Gasteiger partial charge in [-0.05, 0) is 17.7 Å².